The molecule has 0 fully saturated rings. The first-order valence-electron chi connectivity index (χ1n) is 5.15. The smallest absolute Gasteiger partial charge is 0.322 e. The van der Waals surface area contributed by atoms with E-state index in [1.165, 1.54) is 0 Å². The van der Waals surface area contributed by atoms with Gasteiger partial charge in [-0.3, -0.25) is 0 Å². The van der Waals surface area contributed by atoms with Crippen LogP contribution in [0.15, 0.2) is 30.5 Å². The van der Waals surface area contributed by atoms with Gasteiger partial charge in [-0.05, 0) is 25.1 Å². The molecule has 5 heteroatoms. The third kappa shape index (κ3) is 2.93. The van der Waals surface area contributed by atoms with Gasteiger partial charge in [-0.25, -0.2) is 4.98 Å². The van der Waals surface area contributed by atoms with Gasteiger partial charge in [0.15, 0.2) is 0 Å². The minimum atomic E-state index is 0.293. The van der Waals surface area contributed by atoms with E-state index in [1.54, 1.807) is 30.5 Å². The molecule has 0 aliphatic heterocycles. The van der Waals surface area contributed by atoms with Gasteiger partial charge in [-0.1, -0.05) is 17.7 Å². The van der Waals surface area contributed by atoms with Crippen molar-refractivity contribution in [3.63, 3.8) is 0 Å². The highest BCUT2D eigenvalue weighted by molar-refractivity contribution is 6.30. The minimum absolute atomic E-state index is 0.293. The molecule has 1 aromatic carbocycles. The molecule has 2 rings (SSSR count). The topological polar surface area (TPSA) is 61.0 Å². The molecule has 0 amide bonds. The predicted molar refractivity (Wildman–Crippen MR) is 66.2 cm³/mol. The summed E-state index contributed by atoms with van der Waals surface area (Å²) in [5.74, 6) is 0.609. The van der Waals surface area contributed by atoms with Crippen molar-refractivity contribution in [2.75, 3.05) is 0 Å². The molecule has 2 N–H and O–H groups in total. The highest BCUT2D eigenvalue weighted by atomic mass is 35.5. The van der Waals surface area contributed by atoms with Crippen molar-refractivity contribution >= 4 is 11.6 Å². The maximum absolute atomic E-state index is 5.85. The normalized spacial score (nSPS) is 10.3. The highest BCUT2D eigenvalue weighted by Gasteiger charge is 2.04. The summed E-state index contributed by atoms with van der Waals surface area (Å²) in [4.78, 5) is 8.29. The van der Waals surface area contributed by atoms with Crippen LogP contribution in [0, 0.1) is 6.92 Å². The summed E-state index contributed by atoms with van der Waals surface area (Å²) in [5, 5.41) is 0.609. The molecule has 17 heavy (non-hydrogen) atoms. The number of halogens is 1. The molecule has 1 aromatic heterocycles. The van der Waals surface area contributed by atoms with Crippen molar-refractivity contribution in [2.45, 2.75) is 13.5 Å². The lowest BCUT2D eigenvalue weighted by atomic mass is 10.2. The van der Waals surface area contributed by atoms with E-state index in [1.807, 2.05) is 6.92 Å². The maximum Gasteiger partial charge on any atom is 0.322 e. The molecule has 0 spiro atoms. The average Bonchev–Trinajstić information content (AvgIpc) is 2.29. The number of ether oxygens (including phenoxy) is 1. The number of hydrogen-bond donors (Lipinski definition) is 1. The number of benzene rings is 1. The summed E-state index contributed by atoms with van der Waals surface area (Å²) in [5.41, 5.74) is 7.26. The second-order valence-electron chi connectivity index (χ2n) is 3.53. The van der Waals surface area contributed by atoms with Crippen LogP contribution < -0.4 is 10.5 Å². The molecule has 0 radical (unpaired) electrons. The van der Waals surface area contributed by atoms with Gasteiger partial charge in [-0.15, -0.1) is 0 Å². The van der Waals surface area contributed by atoms with E-state index in [-0.39, 0.29) is 0 Å². The van der Waals surface area contributed by atoms with Crippen LogP contribution in [0.2, 0.25) is 5.02 Å². The predicted octanol–water partition coefficient (Wildman–Crippen LogP) is 2.69. The van der Waals surface area contributed by atoms with E-state index in [0.29, 0.717) is 23.3 Å². The van der Waals surface area contributed by atoms with Crippen molar-refractivity contribution in [3.8, 4) is 11.8 Å². The first kappa shape index (κ1) is 11.8. The second kappa shape index (κ2) is 5.12. The molecule has 0 aliphatic rings. The van der Waals surface area contributed by atoms with Gasteiger partial charge in [0.2, 0.25) is 0 Å². The maximum atomic E-state index is 5.85. The van der Waals surface area contributed by atoms with E-state index in [2.05, 4.69) is 9.97 Å². The molecule has 0 saturated heterocycles. The summed E-state index contributed by atoms with van der Waals surface area (Å²) < 4.78 is 5.49. The van der Waals surface area contributed by atoms with Gasteiger partial charge in [0.1, 0.15) is 5.75 Å². The number of hydrogen-bond acceptors (Lipinski definition) is 4. The Balaban J connectivity index is 2.22. The molecule has 4 nitrogen and oxygen atoms in total. The van der Waals surface area contributed by atoms with Gasteiger partial charge in [-0.2, -0.15) is 4.98 Å². The van der Waals surface area contributed by atoms with E-state index in [4.69, 9.17) is 22.1 Å². The highest BCUT2D eigenvalue weighted by Crippen LogP contribution is 2.21. The summed E-state index contributed by atoms with van der Waals surface area (Å²) in [7, 11) is 0. The van der Waals surface area contributed by atoms with Crippen molar-refractivity contribution in [2.24, 2.45) is 5.73 Å². The molecule has 0 unspecified atom stereocenters. The largest absolute Gasteiger partial charge is 0.424 e. The molecule has 0 saturated carbocycles. The lowest BCUT2D eigenvalue weighted by molar-refractivity contribution is 0.439. The van der Waals surface area contributed by atoms with Gasteiger partial charge in [0.05, 0.1) is 0 Å². The van der Waals surface area contributed by atoms with Crippen LogP contribution in [0.1, 0.15) is 11.3 Å². The van der Waals surface area contributed by atoms with Crippen molar-refractivity contribution in [3.05, 3.63) is 46.7 Å². The first-order valence-corrected chi connectivity index (χ1v) is 5.53. The molecular formula is C12H12ClN3O. The fourth-order valence-corrected chi connectivity index (χ4v) is 1.54. The molecule has 0 aliphatic carbocycles. The summed E-state index contributed by atoms with van der Waals surface area (Å²) in [6.07, 6.45) is 1.67. The number of rotatable bonds is 3. The number of aromatic nitrogens is 2. The van der Waals surface area contributed by atoms with Crippen molar-refractivity contribution in [1.82, 2.24) is 9.97 Å². The zero-order valence-electron chi connectivity index (χ0n) is 9.35. The Labute approximate surface area is 104 Å². The van der Waals surface area contributed by atoms with Crippen LogP contribution in [0.5, 0.6) is 11.8 Å². The standard InChI is InChI=1S/C12H12ClN3O/c1-8-9(6-14)7-15-12(16-8)17-11-4-2-3-10(13)5-11/h2-5,7H,6,14H2,1H3. The molecule has 88 valence electrons. The van der Waals surface area contributed by atoms with Gasteiger partial charge in [0.25, 0.3) is 0 Å². The molecule has 0 atom stereocenters. The van der Waals surface area contributed by atoms with Crippen LogP contribution in [0.3, 0.4) is 0 Å². The SMILES string of the molecule is Cc1nc(Oc2cccc(Cl)c2)ncc1CN. The lowest BCUT2D eigenvalue weighted by Gasteiger charge is -2.06. The molecule has 1 heterocycles. The fourth-order valence-electron chi connectivity index (χ4n) is 1.36. The molecule has 0 bridgehead atoms. The van der Waals surface area contributed by atoms with E-state index in [9.17, 15) is 0 Å². The zero-order valence-corrected chi connectivity index (χ0v) is 10.1. The zero-order chi connectivity index (χ0) is 12.3. The summed E-state index contributed by atoms with van der Waals surface area (Å²) >= 11 is 5.85. The number of aryl methyl sites for hydroxylation is 1. The fraction of sp³-hybridized carbons (Fsp3) is 0.167. The van der Waals surface area contributed by atoms with Crippen LogP contribution >= 0.6 is 11.6 Å². The Morgan fingerprint density at radius 3 is 2.88 bits per heavy atom. The Kier molecular flexibility index (Phi) is 3.56. The van der Waals surface area contributed by atoms with Crippen molar-refractivity contribution in [1.29, 1.82) is 0 Å². The average molecular weight is 250 g/mol. The third-order valence-electron chi connectivity index (χ3n) is 2.28. The summed E-state index contributed by atoms with van der Waals surface area (Å²) in [6.45, 7) is 2.29. The monoisotopic (exact) mass is 249 g/mol. The Morgan fingerprint density at radius 1 is 1.41 bits per heavy atom. The van der Waals surface area contributed by atoms with Crippen LogP contribution in [0.25, 0.3) is 0 Å². The number of nitrogens with two attached hydrogens (primary N) is 1. The lowest BCUT2D eigenvalue weighted by Crippen LogP contribution is -2.03. The minimum Gasteiger partial charge on any atom is -0.424 e. The quantitative estimate of drug-likeness (QED) is 0.909. The van der Waals surface area contributed by atoms with E-state index >= 15 is 0 Å². The first-order chi connectivity index (χ1) is 8.19. The Morgan fingerprint density at radius 2 is 2.24 bits per heavy atom. The van der Waals surface area contributed by atoms with Gasteiger partial charge >= 0.3 is 6.01 Å². The Bertz CT molecular complexity index is 531. The van der Waals surface area contributed by atoms with E-state index in [0.717, 1.165) is 11.3 Å². The van der Waals surface area contributed by atoms with Crippen LogP contribution in [0.4, 0.5) is 0 Å². The van der Waals surface area contributed by atoms with Gasteiger partial charge < -0.3 is 10.5 Å². The van der Waals surface area contributed by atoms with Crippen LogP contribution in [-0.2, 0) is 6.54 Å². The van der Waals surface area contributed by atoms with Crippen molar-refractivity contribution < 1.29 is 4.74 Å². The molecular weight excluding hydrogens is 238 g/mol. The molecule has 2 aromatic rings. The van der Waals surface area contributed by atoms with Gasteiger partial charge in [0, 0.05) is 29.0 Å². The third-order valence-corrected chi connectivity index (χ3v) is 2.52. The Hall–Kier alpha value is -1.65. The van der Waals surface area contributed by atoms with Crippen LogP contribution in [-0.4, -0.2) is 9.97 Å². The number of nitrogens with zero attached hydrogens (tertiary/aromatic N) is 2. The second-order valence-corrected chi connectivity index (χ2v) is 3.96. The summed E-state index contributed by atoms with van der Waals surface area (Å²) in [6, 6.07) is 7.37. The van der Waals surface area contributed by atoms with E-state index < -0.39 is 0 Å².